The largest absolute Gasteiger partial charge is 0.495 e. The summed E-state index contributed by atoms with van der Waals surface area (Å²) in [6.45, 7) is 0. The average molecular weight is 506 g/mol. The molecule has 4 nitrogen and oxygen atoms in total. The van der Waals surface area contributed by atoms with Gasteiger partial charge in [-0.25, -0.2) is 9.79 Å². The van der Waals surface area contributed by atoms with E-state index in [1.807, 2.05) is 12.1 Å². The van der Waals surface area contributed by atoms with Crippen LogP contribution in [0.5, 0.6) is 5.75 Å². The monoisotopic (exact) mass is 503 g/mol. The number of ether oxygens (including phenoxy) is 2. The van der Waals surface area contributed by atoms with Gasteiger partial charge in [-0.05, 0) is 52.3 Å². The molecule has 25 heavy (non-hydrogen) atoms. The fraction of sp³-hybridized carbons (Fsp3) is 0.0588. The van der Waals surface area contributed by atoms with Gasteiger partial charge in [0, 0.05) is 15.6 Å². The molecule has 0 aliphatic carbocycles. The third kappa shape index (κ3) is 3.92. The minimum atomic E-state index is -0.556. The maximum absolute atomic E-state index is 12.2. The van der Waals surface area contributed by atoms with Crippen LogP contribution in [-0.2, 0) is 9.53 Å². The Morgan fingerprint density at radius 3 is 2.60 bits per heavy atom. The second-order valence-corrected chi connectivity index (χ2v) is 7.56. The van der Waals surface area contributed by atoms with Gasteiger partial charge in [0.15, 0.2) is 5.70 Å². The minimum absolute atomic E-state index is 0.157. The van der Waals surface area contributed by atoms with Gasteiger partial charge < -0.3 is 9.47 Å². The summed E-state index contributed by atoms with van der Waals surface area (Å²) >= 11 is 18.7. The lowest BCUT2D eigenvalue weighted by Crippen LogP contribution is -2.05. The average Bonchev–Trinajstić information content (AvgIpc) is 2.90. The minimum Gasteiger partial charge on any atom is -0.495 e. The van der Waals surface area contributed by atoms with Crippen molar-refractivity contribution >= 4 is 73.0 Å². The molecule has 128 valence electrons. The van der Waals surface area contributed by atoms with Crippen molar-refractivity contribution in [2.45, 2.75) is 0 Å². The number of cyclic esters (lactones) is 1. The first-order valence-corrected chi connectivity index (χ1v) is 9.24. The smallest absolute Gasteiger partial charge is 0.363 e. The summed E-state index contributed by atoms with van der Waals surface area (Å²) in [4.78, 5) is 16.4. The third-order valence-corrected chi connectivity index (χ3v) is 5.11. The Kier molecular flexibility index (Phi) is 5.53. The molecule has 8 heteroatoms. The van der Waals surface area contributed by atoms with Crippen molar-refractivity contribution in [2.75, 3.05) is 7.11 Å². The van der Waals surface area contributed by atoms with Gasteiger partial charge in [-0.3, -0.25) is 0 Å². The number of rotatable bonds is 3. The van der Waals surface area contributed by atoms with Crippen LogP contribution in [0.25, 0.3) is 6.08 Å². The van der Waals surface area contributed by atoms with Crippen LogP contribution in [0.4, 0.5) is 0 Å². The van der Waals surface area contributed by atoms with Gasteiger partial charge in [0.2, 0.25) is 5.90 Å². The second-order valence-electron chi connectivity index (χ2n) is 4.98. The number of aliphatic imine (C=N–C) groups is 1. The number of halogens is 4. The normalized spacial score (nSPS) is 15.3. The molecule has 0 N–H and O–H groups in total. The van der Waals surface area contributed by atoms with Crippen LogP contribution in [0.3, 0.4) is 0 Å². The highest BCUT2D eigenvalue weighted by Gasteiger charge is 2.25. The lowest BCUT2D eigenvalue weighted by molar-refractivity contribution is -0.129. The van der Waals surface area contributed by atoms with Crippen molar-refractivity contribution in [1.29, 1.82) is 0 Å². The van der Waals surface area contributed by atoms with Gasteiger partial charge >= 0.3 is 5.97 Å². The number of methoxy groups -OCH3 is 1. The maximum atomic E-state index is 12.2. The van der Waals surface area contributed by atoms with E-state index in [-0.39, 0.29) is 11.6 Å². The zero-order valence-electron chi connectivity index (χ0n) is 12.6. The lowest BCUT2D eigenvalue weighted by atomic mass is 10.1. The second kappa shape index (κ2) is 7.50. The van der Waals surface area contributed by atoms with Gasteiger partial charge in [0.25, 0.3) is 0 Å². The first-order chi connectivity index (χ1) is 11.9. The molecule has 1 heterocycles. The zero-order valence-corrected chi connectivity index (χ0v) is 17.3. The van der Waals surface area contributed by atoms with Crippen molar-refractivity contribution in [3.8, 4) is 5.75 Å². The predicted molar refractivity (Wildman–Crippen MR) is 105 cm³/mol. The Morgan fingerprint density at radius 2 is 1.92 bits per heavy atom. The van der Waals surface area contributed by atoms with E-state index in [1.165, 1.54) is 0 Å². The Labute approximate surface area is 170 Å². The van der Waals surface area contributed by atoms with Crippen LogP contribution < -0.4 is 4.74 Å². The number of esters is 1. The SMILES string of the molecule is COc1c(Br)cc(Br)cc1/C=C1\N=C(c2ccc(Cl)c(Cl)c2)OC1=O. The predicted octanol–water partition coefficient (Wildman–Crippen LogP) is 5.87. The molecule has 0 amide bonds. The van der Waals surface area contributed by atoms with Crippen molar-refractivity contribution in [1.82, 2.24) is 0 Å². The highest BCUT2D eigenvalue weighted by atomic mass is 79.9. The zero-order chi connectivity index (χ0) is 18.1. The number of carbonyl (C=O) groups is 1. The fourth-order valence-electron chi connectivity index (χ4n) is 2.21. The van der Waals surface area contributed by atoms with Crippen LogP contribution in [0.1, 0.15) is 11.1 Å². The van der Waals surface area contributed by atoms with Crippen LogP contribution >= 0.6 is 55.1 Å². The first-order valence-electron chi connectivity index (χ1n) is 6.90. The summed E-state index contributed by atoms with van der Waals surface area (Å²) in [5.41, 5.74) is 1.40. The van der Waals surface area contributed by atoms with Crippen molar-refractivity contribution < 1.29 is 14.3 Å². The van der Waals surface area contributed by atoms with Gasteiger partial charge in [-0.2, -0.15) is 0 Å². The Bertz CT molecular complexity index is 942. The maximum Gasteiger partial charge on any atom is 0.363 e. The third-order valence-electron chi connectivity index (χ3n) is 3.32. The standard InChI is InChI=1S/C17H9Br2Cl2NO3/c1-24-15-9(4-10(18)7-11(15)19)6-14-17(23)25-16(22-14)8-2-3-12(20)13(21)5-8/h2-7H,1H3/b14-6-. The van der Waals surface area contributed by atoms with E-state index in [2.05, 4.69) is 36.9 Å². The summed E-state index contributed by atoms with van der Waals surface area (Å²) < 4.78 is 12.2. The molecule has 0 saturated carbocycles. The molecule has 2 aromatic carbocycles. The number of hydrogen-bond donors (Lipinski definition) is 0. The highest BCUT2D eigenvalue weighted by Crippen LogP contribution is 2.35. The van der Waals surface area contributed by atoms with Crippen LogP contribution in [-0.4, -0.2) is 19.0 Å². The number of nitrogens with zero attached hydrogens (tertiary/aromatic N) is 1. The molecule has 0 atom stereocenters. The van der Waals surface area contributed by atoms with E-state index in [4.69, 9.17) is 32.7 Å². The molecule has 0 fully saturated rings. The molecule has 0 aromatic heterocycles. The van der Waals surface area contributed by atoms with Crippen LogP contribution in [0.2, 0.25) is 10.0 Å². The number of benzene rings is 2. The molecule has 0 radical (unpaired) electrons. The van der Waals surface area contributed by atoms with E-state index < -0.39 is 5.97 Å². The number of hydrogen-bond acceptors (Lipinski definition) is 4. The van der Waals surface area contributed by atoms with E-state index in [9.17, 15) is 4.79 Å². The molecular weight excluding hydrogens is 497 g/mol. The molecule has 0 saturated heterocycles. The summed E-state index contributed by atoms with van der Waals surface area (Å²) in [5.74, 6) is 0.198. The van der Waals surface area contributed by atoms with Gasteiger partial charge in [0.1, 0.15) is 5.75 Å². The highest BCUT2D eigenvalue weighted by molar-refractivity contribution is 9.11. The molecule has 0 spiro atoms. The van der Waals surface area contributed by atoms with Crippen molar-refractivity contribution in [3.05, 3.63) is 66.1 Å². The fourth-order valence-corrected chi connectivity index (χ4v) is 3.93. The van der Waals surface area contributed by atoms with Gasteiger partial charge in [-0.15, -0.1) is 0 Å². The van der Waals surface area contributed by atoms with Crippen molar-refractivity contribution in [2.24, 2.45) is 4.99 Å². The van der Waals surface area contributed by atoms with E-state index in [1.54, 1.807) is 31.4 Å². The summed E-state index contributed by atoms with van der Waals surface area (Å²) in [7, 11) is 1.55. The van der Waals surface area contributed by atoms with Gasteiger partial charge in [-0.1, -0.05) is 39.1 Å². The molecule has 0 bridgehead atoms. The topological polar surface area (TPSA) is 47.9 Å². The van der Waals surface area contributed by atoms with Crippen LogP contribution in [0, 0.1) is 0 Å². The van der Waals surface area contributed by atoms with E-state index in [0.717, 1.165) is 8.95 Å². The lowest BCUT2D eigenvalue weighted by Gasteiger charge is -2.08. The molecule has 1 aliphatic heterocycles. The number of carbonyl (C=O) groups excluding carboxylic acids is 1. The Balaban J connectivity index is 2.03. The molecule has 2 aromatic rings. The van der Waals surface area contributed by atoms with Crippen molar-refractivity contribution in [3.63, 3.8) is 0 Å². The summed E-state index contributed by atoms with van der Waals surface area (Å²) in [6.07, 6.45) is 1.60. The molecule has 0 unspecified atom stereocenters. The van der Waals surface area contributed by atoms with E-state index >= 15 is 0 Å². The van der Waals surface area contributed by atoms with Crippen LogP contribution in [0.15, 0.2) is 50.0 Å². The quantitative estimate of drug-likeness (QED) is 0.387. The first kappa shape index (κ1) is 18.5. The molecular formula is C17H9Br2Cl2NO3. The summed E-state index contributed by atoms with van der Waals surface area (Å²) in [5, 5.41) is 0.766. The molecule has 3 rings (SSSR count). The summed E-state index contributed by atoms with van der Waals surface area (Å²) in [6, 6.07) is 8.55. The van der Waals surface area contributed by atoms with Gasteiger partial charge in [0.05, 0.1) is 21.6 Å². The Hall–Kier alpha value is -1.34. The molecule has 1 aliphatic rings. The van der Waals surface area contributed by atoms with E-state index in [0.29, 0.717) is 26.9 Å². The Morgan fingerprint density at radius 1 is 1.16 bits per heavy atom.